The second kappa shape index (κ2) is 6.17. The fraction of sp³-hybridized carbons (Fsp3) is 0.444. The largest absolute Gasteiger partial charge is 0.294 e. The third kappa shape index (κ3) is 2.90. The molecular weight excluding hydrogens is 246 g/mol. The SMILES string of the molecule is O=C(CCC1CCCCC1)c1cccc2ccncc12. The normalized spacial score (nSPS) is 16.4. The average molecular weight is 267 g/mol. The number of hydrogen-bond donors (Lipinski definition) is 0. The van der Waals surface area contributed by atoms with Crippen molar-refractivity contribution < 1.29 is 4.79 Å². The van der Waals surface area contributed by atoms with Crippen LogP contribution in [0.5, 0.6) is 0 Å². The van der Waals surface area contributed by atoms with Crippen LogP contribution in [-0.2, 0) is 0 Å². The third-order valence-electron chi connectivity index (χ3n) is 4.49. The van der Waals surface area contributed by atoms with E-state index in [-0.39, 0.29) is 5.78 Å². The molecule has 0 spiro atoms. The molecule has 1 aliphatic carbocycles. The number of carbonyl (C=O) groups excluding carboxylic acids is 1. The van der Waals surface area contributed by atoms with Gasteiger partial charge in [-0.2, -0.15) is 0 Å². The van der Waals surface area contributed by atoms with Gasteiger partial charge >= 0.3 is 0 Å². The van der Waals surface area contributed by atoms with Crippen LogP contribution in [0.1, 0.15) is 55.3 Å². The number of Topliss-reactive ketones (excluding diaryl/α,β-unsaturated/α-hetero) is 1. The smallest absolute Gasteiger partial charge is 0.163 e. The molecule has 0 amide bonds. The number of aromatic nitrogens is 1. The Balaban J connectivity index is 1.72. The summed E-state index contributed by atoms with van der Waals surface area (Å²) in [5, 5.41) is 2.09. The zero-order valence-electron chi connectivity index (χ0n) is 11.8. The number of hydrogen-bond acceptors (Lipinski definition) is 2. The average Bonchev–Trinajstić information content (AvgIpc) is 2.53. The Labute approximate surface area is 120 Å². The zero-order chi connectivity index (χ0) is 13.8. The van der Waals surface area contributed by atoms with Gasteiger partial charge in [0.15, 0.2) is 5.78 Å². The summed E-state index contributed by atoms with van der Waals surface area (Å²) in [6.45, 7) is 0. The highest BCUT2D eigenvalue weighted by molar-refractivity contribution is 6.07. The fourth-order valence-electron chi connectivity index (χ4n) is 3.30. The van der Waals surface area contributed by atoms with E-state index in [1.165, 1.54) is 32.1 Å². The molecule has 0 atom stereocenters. The van der Waals surface area contributed by atoms with E-state index in [9.17, 15) is 4.79 Å². The van der Waals surface area contributed by atoms with Crippen LogP contribution in [0, 0.1) is 5.92 Å². The lowest BCUT2D eigenvalue weighted by molar-refractivity contribution is 0.0972. The van der Waals surface area contributed by atoms with E-state index in [0.717, 1.165) is 28.7 Å². The minimum atomic E-state index is 0.272. The van der Waals surface area contributed by atoms with Crippen molar-refractivity contribution in [2.24, 2.45) is 5.92 Å². The van der Waals surface area contributed by atoms with E-state index >= 15 is 0 Å². The van der Waals surface area contributed by atoms with Gasteiger partial charge in [-0.3, -0.25) is 9.78 Å². The lowest BCUT2D eigenvalue weighted by Gasteiger charge is -2.21. The standard InChI is InChI=1S/C18H21NO/c20-18(10-9-14-5-2-1-3-6-14)16-8-4-7-15-11-12-19-13-17(15)16/h4,7-8,11-14H,1-3,5-6,9-10H2. The summed E-state index contributed by atoms with van der Waals surface area (Å²) >= 11 is 0. The van der Waals surface area contributed by atoms with Gasteiger partial charge in [0.25, 0.3) is 0 Å². The summed E-state index contributed by atoms with van der Waals surface area (Å²) in [5.74, 6) is 1.04. The van der Waals surface area contributed by atoms with Crippen molar-refractivity contribution in [3.63, 3.8) is 0 Å². The first-order chi connectivity index (χ1) is 9.84. The number of fused-ring (bicyclic) bond motifs is 1. The highest BCUT2D eigenvalue weighted by Crippen LogP contribution is 2.28. The molecule has 1 saturated carbocycles. The van der Waals surface area contributed by atoms with Crippen molar-refractivity contribution in [1.29, 1.82) is 0 Å². The molecule has 1 aliphatic rings. The van der Waals surface area contributed by atoms with Crippen LogP contribution in [0.15, 0.2) is 36.7 Å². The second-order valence-electron chi connectivity index (χ2n) is 5.87. The van der Waals surface area contributed by atoms with E-state index in [1.807, 2.05) is 30.5 Å². The lowest BCUT2D eigenvalue weighted by Crippen LogP contribution is -2.09. The predicted molar refractivity (Wildman–Crippen MR) is 81.9 cm³/mol. The van der Waals surface area contributed by atoms with Gasteiger partial charge in [-0.05, 0) is 23.8 Å². The molecule has 3 rings (SSSR count). The molecule has 2 heteroatoms. The van der Waals surface area contributed by atoms with Crippen molar-refractivity contribution in [1.82, 2.24) is 4.98 Å². The van der Waals surface area contributed by atoms with Crippen LogP contribution in [0.2, 0.25) is 0 Å². The first kappa shape index (κ1) is 13.3. The van der Waals surface area contributed by atoms with Gasteiger partial charge in [-0.1, -0.05) is 50.3 Å². The van der Waals surface area contributed by atoms with E-state index in [0.29, 0.717) is 6.42 Å². The minimum absolute atomic E-state index is 0.272. The van der Waals surface area contributed by atoms with Crippen molar-refractivity contribution in [2.75, 3.05) is 0 Å². The summed E-state index contributed by atoms with van der Waals surface area (Å²) in [6, 6.07) is 7.91. The molecule has 1 fully saturated rings. The van der Waals surface area contributed by atoms with Gasteiger partial charge in [0.1, 0.15) is 0 Å². The van der Waals surface area contributed by atoms with Gasteiger partial charge in [-0.25, -0.2) is 0 Å². The first-order valence-electron chi connectivity index (χ1n) is 7.70. The topological polar surface area (TPSA) is 30.0 Å². The summed E-state index contributed by atoms with van der Waals surface area (Å²) in [6.07, 6.45) is 12.0. The Kier molecular flexibility index (Phi) is 4.10. The number of carbonyl (C=O) groups is 1. The zero-order valence-corrected chi connectivity index (χ0v) is 11.8. The van der Waals surface area contributed by atoms with Gasteiger partial charge in [0.05, 0.1) is 0 Å². The first-order valence-corrected chi connectivity index (χ1v) is 7.70. The maximum atomic E-state index is 12.5. The number of rotatable bonds is 4. The second-order valence-corrected chi connectivity index (χ2v) is 5.87. The van der Waals surface area contributed by atoms with E-state index < -0.39 is 0 Å². The van der Waals surface area contributed by atoms with E-state index in [4.69, 9.17) is 0 Å². The molecule has 104 valence electrons. The molecule has 0 radical (unpaired) electrons. The highest BCUT2D eigenvalue weighted by Gasteiger charge is 2.16. The molecule has 1 aromatic heterocycles. The summed E-state index contributed by atoms with van der Waals surface area (Å²) in [4.78, 5) is 16.6. The molecular formula is C18H21NO. The number of benzene rings is 1. The van der Waals surface area contributed by atoms with Crippen molar-refractivity contribution in [3.8, 4) is 0 Å². The van der Waals surface area contributed by atoms with E-state index in [2.05, 4.69) is 4.98 Å². The molecule has 0 bridgehead atoms. The molecule has 20 heavy (non-hydrogen) atoms. The predicted octanol–water partition coefficient (Wildman–Crippen LogP) is 4.78. The van der Waals surface area contributed by atoms with Gasteiger partial charge in [-0.15, -0.1) is 0 Å². The summed E-state index contributed by atoms with van der Waals surface area (Å²) < 4.78 is 0. The minimum Gasteiger partial charge on any atom is -0.294 e. The molecule has 0 unspecified atom stereocenters. The number of ketones is 1. The Hall–Kier alpha value is -1.70. The summed E-state index contributed by atoms with van der Waals surface area (Å²) in [7, 11) is 0. The molecule has 2 nitrogen and oxygen atoms in total. The van der Waals surface area contributed by atoms with Crippen molar-refractivity contribution in [3.05, 3.63) is 42.2 Å². The van der Waals surface area contributed by atoms with Crippen LogP contribution in [0.3, 0.4) is 0 Å². The van der Waals surface area contributed by atoms with Gasteiger partial charge in [0.2, 0.25) is 0 Å². The Bertz CT molecular complexity index is 594. The summed E-state index contributed by atoms with van der Waals surface area (Å²) in [5.41, 5.74) is 0.839. The Morgan fingerprint density at radius 1 is 1.15 bits per heavy atom. The number of pyridine rings is 1. The Morgan fingerprint density at radius 2 is 2.00 bits per heavy atom. The van der Waals surface area contributed by atoms with Crippen LogP contribution in [0.4, 0.5) is 0 Å². The molecule has 1 heterocycles. The van der Waals surface area contributed by atoms with E-state index in [1.54, 1.807) is 6.20 Å². The van der Waals surface area contributed by atoms with Gasteiger partial charge in [0, 0.05) is 29.8 Å². The van der Waals surface area contributed by atoms with Crippen LogP contribution in [0.25, 0.3) is 10.8 Å². The van der Waals surface area contributed by atoms with Crippen LogP contribution in [-0.4, -0.2) is 10.8 Å². The molecule has 0 aliphatic heterocycles. The van der Waals surface area contributed by atoms with Gasteiger partial charge < -0.3 is 0 Å². The highest BCUT2D eigenvalue weighted by atomic mass is 16.1. The fourth-order valence-corrected chi connectivity index (χ4v) is 3.30. The number of nitrogens with zero attached hydrogens (tertiary/aromatic N) is 1. The van der Waals surface area contributed by atoms with Crippen molar-refractivity contribution in [2.45, 2.75) is 44.9 Å². The van der Waals surface area contributed by atoms with Crippen molar-refractivity contribution >= 4 is 16.6 Å². The lowest BCUT2D eigenvalue weighted by atomic mass is 9.85. The molecule has 2 aromatic rings. The Morgan fingerprint density at radius 3 is 2.85 bits per heavy atom. The molecule has 0 N–H and O–H groups in total. The maximum Gasteiger partial charge on any atom is 0.163 e. The molecule has 1 aromatic carbocycles. The maximum absolute atomic E-state index is 12.5. The quantitative estimate of drug-likeness (QED) is 0.746. The third-order valence-corrected chi connectivity index (χ3v) is 4.49. The van der Waals surface area contributed by atoms with Crippen LogP contribution < -0.4 is 0 Å². The monoisotopic (exact) mass is 267 g/mol. The molecule has 0 saturated heterocycles. The van der Waals surface area contributed by atoms with Crippen LogP contribution >= 0.6 is 0 Å².